The van der Waals surface area contributed by atoms with Crippen molar-refractivity contribution in [2.75, 3.05) is 39.4 Å². The Kier molecular flexibility index (Phi) is 8.50. The number of alkyl halides is 3. The third-order valence-corrected chi connectivity index (χ3v) is 6.75. The summed E-state index contributed by atoms with van der Waals surface area (Å²) in [6, 6.07) is 8.64. The Morgan fingerprint density at radius 1 is 1.22 bits per heavy atom. The van der Waals surface area contributed by atoms with Gasteiger partial charge in [0.2, 0.25) is 5.91 Å². The molecule has 3 fully saturated rings. The Labute approximate surface area is 212 Å². The monoisotopic (exact) mass is 524 g/mol. The molecule has 1 amide bonds. The maximum absolute atomic E-state index is 12.0. The molecule has 1 N–H and O–H groups in total. The van der Waals surface area contributed by atoms with E-state index in [-0.39, 0.29) is 17.6 Å². The van der Waals surface area contributed by atoms with Crippen molar-refractivity contribution in [1.82, 2.24) is 19.4 Å². The molecule has 1 spiro atoms. The number of likely N-dealkylation sites (tertiary alicyclic amines) is 1. The standard InChI is InChI=1S/C23H30N4O3.C2HF3O2/c28-22-2-1-10-26(22)15-21-7-8-23(30-21)16-25(12-13-29-17-23)14-19-3-5-20(6-4-19)27-11-9-24-18-27;3-2(4,5)1(6)7/h3-6,9,11,18,21H,1-2,7-8,10,12-17H2;(H,6,7)/t21-,23+;/m1./s1. The molecule has 0 radical (unpaired) electrons. The summed E-state index contributed by atoms with van der Waals surface area (Å²) in [6.07, 6.45) is 4.27. The van der Waals surface area contributed by atoms with Crippen LogP contribution in [-0.2, 0) is 25.6 Å². The summed E-state index contributed by atoms with van der Waals surface area (Å²) in [5.41, 5.74) is 2.15. The SMILES string of the molecule is O=C(O)C(F)(F)F.O=C1CCCN1C[C@H]1CC[C@]2(COCCN(Cc3ccc(-n4ccnc4)cc3)C2)O1. The second-order valence-corrected chi connectivity index (χ2v) is 9.61. The topological polar surface area (TPSA) is 97.1 Å². The zero-order valence-corrected chi connectivity index (χ0v) is 20.4. The second-order valence-electron chi connectivity index (χ2n) is 9.61. The molecule has 2 aromatic rings. The molecule has 0 saturated carbocycles. The number of hydrogen-bond donors (Lipinski definition) is 1. The number of rotatable bonds is 5. The minimum absolute atomic E-state index is 0.130. The van der Waals surface area contributed by atoms with Gasteiger partial charge in [0.25, 0.3) is 0 Å². The lowest BCUT2D eigenvalue weighted by atomic mass is 9.99. The smallest absolute Gasteiger partial charge is 0.475 e. The Hall–Kier alpha value is -2.96. The highest BCUT2D eigenvalue weighted by Gasteiger charge is 2.44. The van der Waals surface area contributed by atoms with E-state index in [9.17, 15) is 18.0 Å². The first-order valence-electron chi connectivity index (χ1n) is 12.3. The Balaban J connectivity index is 0.000000405. The molecule has 1 aromatic heterocycles. The first kappa shape index (κ1) is 27.1. The van der Waals surface area contributed by atoms with Crippen molar-refractivity contribution < 1.29 is 37.3 Å². The van der Waals surface area contributed by atoms with Crippen molar-refractivity contribution in [1.29, 1.82) is 0 Å². The van der Waals surface area contributed by atoms with E-state index >= 15 is 0 Å². The average molecular weight is 525 g/mol. The number of nitrogens with zero attached hydrogens (tertiary/aromatic N) is 4. The van der Waals surface area contributed by atoms with Crippen LogP contribution in [0.1, 0.15) is 31.2 Å². The lowest BCUT2D eigenvalue weighted by Gasteiger charge is -2.32. The van der Waals surface area contributed by atoms with Crippen LogP contribution in [0, 0.1) is 0 Å². The van der Waals surface area contributed by atoms with Crippen molar-refractivity contribution in [2.45, 2.75) is 50.1 Å². The molecular weight excluding hydrogens is 493 g/mol. The number of benzene rings is 1. The lowest BCUT2D eigenvalue weighted by molar-refractivity contribution is -0.192. The summed E-state index contributed by atoms with van der Waals surface area (Å²) in [5, 5.41) is 7.12. The van der Waals surface area contributed by atoms with Gasteiger partial charge in [-0.2, -0.15) is 13.2 Å². The van der Waals surface area contributed by atoms with Crippen LogP contribution in [0.2, 0.25) is 0 Å². The first-order valence-corrected chi connectivity index (χ1v) is 12.3. The summed E-state index contributed by atoms with van der Waals surface area (Å²) in [4.78, 5) is 29.4. The van der Waals surface area contributed by atoms with E-state index in [1.54, 1.807) is 6.20 Å². The van der Waals surface area contributed by atoms with E-state index in [2.05, 4.69) is 34.1 Å². The van der Waals surface area contributed by atoms with Crippen LogP contribution in [0.15, 0.2) is 43.0 Å². The van der Waals surface area contributed by atoms with Gasteiger partial charge in [-0.15, -0.1) is 0 Å². The Morgan fingerprint density at radius 3 is 2.59 bits per heavy atom. The van der Waals surface area contributed by atoms with Crippen molar-refractivity contribution >= 4 is 11.9 Å². The van der Waals surface area contributed by atoms with E-state index in [1.165, 1.54) is 5.56 Å². The van der Waals surface area contributed by atoms with Crippen LogP contribution < -0.4 is 0 Å². The summed E-state index contributed by atoms with van der Waals surface area (Å²) in [5.74, 6) is -2.48. The van der Waals surface area contributed by atoms with Crippen molar-refractivity contribution in [3.63, 3.8) is 0 Å². The van der Waals surface area contributed by atoms with Crippen molar-refractivity contribution in [2.24, 2.45) is 0 Å². The first-order chi connectivity index (χ1) is 17.6. The molecule has 9 nitrogen and oxygen atoms in total. The minimum atomic E-state index is -5.08. The highest BCUT2D eigenvalue weighted by Crippen LogP contribution is 2.34. The Morgan fingerprint density at radius 2 is 1.97 bits per heavy atom. The van der Waals surface area contributed by atoms with Crippen LogP contribution in [0.3, 0.4) is 0 Å². The fraction of sp³-hybridized carbons (Fsp3) is 0.560. The van der Waals surface area contributed by atoms with Gasteiger partial charge in [-0.25, -0.2) is 9.78 Å². The average Bonchev–Trinajstić information content (AvgIpc) is 3.58. The predicted molar refractivity (Wildman–Crippen MR) is 126 cm³/mol. The molecule has 202 valence electrons. The van der Waals surface area contributed by atoms with Gasteiger partial charge in [-0.05, 0) is 37.0 Å². The van der Waals surface area contributed by atoms with E-state index < -0.39 is 12.1 Å². The molecule has 0 unspecified atom stereocenters. The number of aromatic nitrogens is 2. The van der Waals surface area contributed by atoms with Crippen molar-refractivity contribution in [3.05, 3.63) is 48.5 Å². The highest BCUT2D eigenvalue weighted by atomic mass is 19.4. The van der Waals surface area contributed by atoms with Crippen molar-refractivity contribution in [3.8, 4) is 5.69 Å². The maximum Gasteiger partial charge on any atom is 0.490 e. The molecular formula is C25H31F3N4O5. The van der Waals surface area contributed by atoms with Crippen LogP contribution in [0.4, 0.5) is 13.2 Å². The summed E-state index contributed by atoms with van der Waals surface area (Å²) >= 11 is 0. The van der Waals surface area contributed by atoms with Gasteiger partial charge in [0.05, 0.1) is 25.6 Å². The molecule has 0 bridgehead atoms. The molecule has 12 heteroatoms. The molecule has 5 rings (SSSR count). The normalized spacial score (nSPS) is 24.7. The van der Waals surface area contributed by atoms with Gasteiger partial charge < -0.3 is 24.0 Å². The summed E-state index contributed by atoms with van der Waals surface area (Å²) < 4.78 is 46.2. The number of carboxylic acid groups (broad SMARTS) is 1. The summed E-state index contributed by atoms with van der Waals surface area (Å²) in [7, 11) is 0. The zero-order chi connectivity index (χ0) is 26.5. The second kappa shape index (κ2) is 11.6. The quantitative estimate of drug-likeness (QED) is 0.643. The van der Waals surface area contributed by atoms with Crippen LogP contribution in [0.25, 0.3) is 5.69 Å². The van der Waals surface area contributed by atoms with Gasteiger partial charge in [0.1, 0.15) is 5.60 Å². The number of carbonyl (C=O) groups is 2. The fourth-order valence-electron chi connectivity index (χ4n) is 4.95. The number of ether oxygens (including phenoxy) is 2. The minimum Gasteiger partial charge on any atom is -0.475 e. The van der Waals surface area contributed by atoms with E-state index in [1.807, 2.05) is 22.0 Å². The molecule has 2 atom stereocenters. The zero-order valence-electron chi connectivity index (χ0n) is 20.4. The third kappa shape index (κ3) is 7.30. The number of halogens is 3. The number of imidazole rings is 1. The molecule has 1 aromatic carbocycles. The number of amides is 1. The fourth-order valence-corrected chi connectivity index (χ4v) is 4.95. The van der Waals surface area contributed by atoms with Gasteiger partial charge in [0, 0.05) is 57.2 Å². The van der Waals surface area contributed by atoms with E-state index in [4.69, 9.17) is 19.4 Å². The molecule has 3 aliphatic heterocycles. The van der Waals surface area contributed by atoms with Crippen LogP contribution in [0.5, 0.6) is 0 Å². The van der Waals surface area contributed by atoms with E-state index in [0.29, 0.717) is 13.0 Å². The Bertz CT molecular complexity index is 1050. The van der Waals surface area contributed by atoms with E-state index in [0.717, 1.165) is 64.3 Å². The third-order valence-electron chi connectivity index (χ3n) is 6.75. The molecule has 37 heavy (non-hydrogen) atoms. The molecule has 0 aliphatic carbocycles. The molecule has 3 saturated heterocycles. The number of hydrogen-bond acceptors (Lipinski definition) is 6. The summed E-state index contributed by atoms with van der Waals surface area (Å²) in [6.45, 7) is 5.65. The maximum atomic E-state index is 12.0. The van der Waals surface area contributed by atoms with Gasteiger partial charge >= 0.3 is 12.1 Å². The van der Waals surface area contributed by atoms with Gasteiger partial charge in [-0.3, -0.25) is 9.69 Å². The lowest BCUT2D eigenvalue weighted by Crippen LogP contribution is -2.45. The van der Waals surface area contributed by atoms with Crippen LogP contribution >= 0.6 is 0 Å². The predicted octanol–water partition coefficient (Wildman–Crippen LogP) is 2.88. The number of aliphatic carboxylic acids is 1. The number of carbonyl (C=O) groups excluding carboxylic acids is 1. The van der Waals surface area contributed by atoms with Gasteiger partial charge in [-0.1, -0.05) is 12.1 Å². The largest absolute Gasteiger partial charge is 0.490 e. The highest BCUT2D eigenvalue weighted by molar-refractivity contribution is 5.78. The molecule has 4 heterocycles. The van der Waals surface area contributed by atoms with Gasteiger partial charge in [0.15, 0.2) is 0 Å². The number of carboxylic acids is 1. The molecule has 3 aliphatic rings. The van der Waals surface area contributed by atoms with Crippen LogP contribution in [-0.4, -0.2) is 93.6 Å².